The van der Waals surface area contributed by atoms with Crippen molar-refractivity contribution in [2.45, 2.75) is 11.8 Å². The number of hydrogen-bond acceptors (Lipinski definition) is 6. The van der Waals surface area contributed by atoms with Gasteiger partial charge < -0.3 is 19.3 Å². The van der Waals surface area contributed by atoms with E-state index in [0.717, 1.165) is 23.0 Å². The number of rotatable bonds is 7. The normalized spacial score (nSPS) is 14.9. The summed E-state index contributed by atoms with van der Waals surface area (Å²) in [5.74, 6) is 0.624. The van der Waals surface area contributed by atoms with E-state index in [4.69, 9.17) is 9.47 Å². The maximum absolute atomic E-state index is 13.5. The quantitative estimate of drug-likeness (QED) is 0.646. The molecule has 0 saturated carbocycles. The fourth-order valence-electron chi connectivity index (χ4n) is 3.41. The Kier molecular flexibility index (Phi) is 7.07. The molecular weight excluding hydrogens is 418 g/mol. The zero-order valence-corrected chi connectivity index (χ0v) is 19.2. The Morgan fingerprint density at radius 3 is 2.16 bits per heavy atom. The molecule has 1 heterocycles. The summed E-state index contributed by atoms with van der Waals surface area (Å²) in [5.41, 5.74) is 1.28. The van der Waals surface area contributed by atoms with Crippen LogP contribution in [-0.2, 0) is 14.8 Å². The molecule has 8 nitrogen and oxygen atoms in total. The summed E-state index contributed by atoms with van der Waals surface area (Å²) in [5, 5.41) is 0. The number of sulfonamides is 1. The summed E-state index contributed by atoms with van der Waals surface area (Å²) < 4.78 is 38.8. The molecular formula is C22H29N3O5S. The molecule has 0 aromatic heterocycles. The van der Waals surface area contributed by atoms with Crippen LogP contribution in [0.25, 0.3) is 0 Å². The van der Waals surface area contributed by atoms with E-state index in [1.54, 1.807) is 47.4 Å². The van der Waals surface area contributed by atoms with E-state index in [2.05, 4.69) is 4.90 Å². The topological polar surface area (TPSA) is 79.4 Å². The number of amides is 1. The Labute approximate surface area is 184 Å². The van der Waals surface area contributed by atoms with Crippen molar-refractivity contribution < 1.29 is 22.7 Å². The molecule has 168 valence electrons. The van der Waals surface area contributed by atoms with Crippen molar-refractivity contribution in [2.75, 3.05) is 58.3 Å². The molecule has 0 bridgehead atoms. The molecule has 9 heteroatoms. The number of ether oxygens (including phenoxy) is 2. The molecule has 3 rings (SSSR count). The summed E-state index contributed by atoms with van der Waals surface area (Å²) in [6.45, 7) is 4.24. The van der Waals surface area contributed by atoms with Crippen LogP contribution >= 0.6 is 0 Å². The summed E-state index contributed by atoms with van der Waals surface area (Å²) in [7, 11) is 1.01. The Hall–Kier alpha value is -2.78. The van der Waals surface area contributed by atoms with Gasteiger partial charge in [0.15, 0.2) is 11.5 Å². The summed E-state index contributed by atoms with van der Waals surface area (Å²) in [4.78, 5) is 17.0. The second-order valence-corrected chi connectivity index (χ2v) is 9.41. The molecule has 0 N–H and O–H groups in total. The highest BCUT2D eigenvalue weighted by atomic mass is 32.2. The van der Waals surface area contributed by atoms with E-state index >= 15 is 0 Å². The number of benzene rings is 2. The number of aryl methyl sites for hydroxylation is 1. The summed E-state index contributed by atoms with van der Waals surface area (Å²) in [6.07, 6.45) is 0. The van der Waals surface area contributed by atoms with Crippen molar-refractivity contribution in [2.24, 2.45) is 0 Å². The van der Waals surface area contributed by atoms with Gasteiger partial charge in [0.2, 0.25) is 5.91 Å². The van der Waals surface area contributed by atoms with Crippen molar-refractivity contribution in [3.63, 3.8) is 0 Å². The minimum absolute atomic E-state index is 0.124. The fraction of sp³-hybridized carbons (Fsp3) is 0.409. The minimum atomic E-state index is -3.98. The molecule has 2 aromatic rings. The zero-order valence-electron chi connectivity index (χ0n) is 18.4. The monoisotopic (exact) mass is 447 g/mol. The largest absolute Gasteiger partial charge is 0.493 e. The minimum Gasteiger partial charge on any atom is -0.493 e. The lowest BCUT2D eigenvalue weighted by molar-refractivity contribution is -0.131. The Bertz CT molecular complexity index is 1020. The van der Waals surface area contributed by atoms with Gasteiger partial charge in [-0.2, -0.15) is 0 Å². The Morgan fingerprint density at radius 2 is 1.58 bits per heavy atom. The van der Waals surface area contributed by atoms with E-state index in [9.17, 15) is 13.2 Å². The van der Waals surface area contributed by atoms with E-state index < -0.39 is 10.0 Å². The highest BCUT2D eigenvalue weighted by Gasteiger charge is 2.30. The van der Waals surface area contributed by atoms with Crippen LogP contribution in [-0.4, -0.2) is 78.1 Å². The van der Waals surface area contributed by atoms with Crippen molar-refractivity contribution in [1.29, 1.82) is 0 Å². The van der Waals surface area contributed by atoms with Gasteiger partial charge >= 0.3 is 0 Å². The van der Waals surface area contributed by atoms with Crippen LogP contribution in [0.3, 0.4) is 0 Å². The second kappa shape index (κ2) is 9.57. The maximum Gasteiger partial charge on any atom is 0.264 e. The molecule has 1 saturated heterocycles. The number of piperazine rings is 1. The number of methoxy groups -OCH3 is 2. The molecule has 0 aliphatic carbocycles. The highest BCUT2D eigenvalue weighted by molar-refractivity contribution is 7.92. The van der Waals surface area contributed by atoms with Crippen LogP contribution in [0.5, 0.6) is 11.5 Å². The average molecular weight is 448 g/mol. The molecule has 1 amide bonds. The molecule has 0 radical (unpaired) electrons. The fourth-order valence-corrected chi connectivity index (χ4v) is 4.82. The Morgan fingerprint density at radius 1 is 0.968 bits per heavy atom. The van der Waals surface area contributed by atoms with Gasteiger partial charge in [0, 0.05) is 32.2 Å². The smallest absolute Gasteiger partial charge is 0.264 e. The predicted octanol–water partition coefficient (Wildman–Crippen LogP) is 1.98. The number of carbonyl (C=O) groups is 1. The second-order valence-electron chi connectivity index (χ2n) is 7.55. The summed E-state index contributed by atoms with van der Waals surface area (Å²) >= 11 is 0. The molecule has 0 atom stereocenters. The van der Waals surface area contributed by atoms with Gasteiger partial charge in [-0.15, -0.1) is 0 Å². The molecule has 2 aromatic carbocycles. The first kappa shape index (κ1) is 22.9. The first-order valence-corrected chi connectivity index (χ1v) is 11.5. The number of anilines is 1. The SMILES string of the molecule is COc1ccc(N(CC(=O)N2CCN(C)CC2)S(=O)(=O)c2ccc(C)cc2)cc1OC. The first-order chi connectivity index (χ1) is 14.8. The molecule has 1 aliphatic heterocycles. The van der Waals surface area contributed by atoms with Gasteiger partial charge in [0.1, 0.15) is 6.54 Å². The van der Waals surface area contributed by atoms with Gasteiger partial charge in [-0.1, -0.05) is 17.7 Å². The molecule has 0 spiro atoms. The number of nitrogens with zero attached hydrogens (tertiary/aromatic N) is 3. The summed E-state index contributed by atoms with van der Waals surface area (Å²) in [6, 6.07) is 11.4. The van der Waals surface area contributed by atoms with Gasteiger partial charge in [-0.25, -0.2) is 8.42 Å². The van der Waals surface area contributed by atoms with Crippen molar-refractivity contribution in [3.8, 4) is 11.5 Å². The van der Waals surface area contributed by atoms with Crippen LogP contribution in [0.15, 0.2) is 47.4 Å². The average Bonchev–Trinajstić information content (AvgIpc) is 2.77. The number of carbonyl (C=O) groups excluding carboxylic acids is 1. The lowest BCUT2D eigenvalue weighted by Crippen LogP contribution is -2.50. The van der Waals surface area contributed by atoms with E-state index in [1.165, 1.54) is 14.2 Å². The van der Waals surface area contributed by atoms with Crippen LogP contribution in [0.1, 0.15) is 5.56 Å². The third-order valence-corrected chi connectivity index (χ3v) is 7.19. The van der Waals surface area contributed by atoms with Crippen LogP contribution in [0, 0.1) is 6.92 Å². The lowest BCUT2D eigenvalue weighted by Gasteiger charge is -2.34. The van der Waals surface area contributed by atoms with Crippen LogP contribution in [0.2, 0.25) is 0 Å². The molecule has 0 unspecified atom stereocenters. The Balaban J connectivity index is 1.99. The molecule has 31 heavy (non-hydrogen) atoms. The zero-order chi connectivity index (χ0) is 22.6. The third-order valence-electron chi connectivity index (χ3n) is 5.40. The highest BCUT2D eigenvalue weighted by Crippen LogP contribution is 2.34. The standard InChI is InChI=1S/C22H29N3O5S/c1-17-5-8-19(9-6-17)31(27,28)25(16-22(26)24-13-11-23(2)12-14-24)18-7-10-20(29-3)21(15-18)30-4/h5-10,15H,11-14,16H2,1-4H3. The molecule has 1 fully saturated rings. The predicted molar refractivity (Wildman–Crippen MR) is 119 cm³/mol. The van der Waals surface area contributed by atoms with Crippen molar-refractivity contribution in [3.05, 3.63) is 48.0 Å². The van der Waals surface area contributed by atoms with Crippen LogP contribution < -0.4 is 13.8 Å². The van der Waals surface area contributed by atoms with Crippen molar-refractivity contribution in [1.82, 2.24) is 9.80 Å². The van der Waals surface area contributed by atoms with Gasteiger partial charge in [0.25, 0.3) is 10.0 Å². The van der Waals surface area contributed by atoms with Gasteiger partial charge in [-0.3, -0.25) is 9.10 Å². The van der Waals surface area contributed by atoms with Crippen molar-refractivity contribution >= 4 is 21.6 Å². The lowest BCUT2D eigenvalue weighted by atomic mass is 10.2. The third kappa shape index (κ3) is 5.11. The maximum atomic E-state index is 13.5. The van der Waals surface area contributed by atoms with E-state index in [0.29, 0.717) is 30.3 Å². The van der Waals surface area contributed by atoms with Gasteiger partial charge in [0.05, 0.1) is 24.8 Å². The molecule has 1 aliphatic rings. The van der Waals surface area contributed by atoms with E-state index in [-0.39, 0.29) is 17.3 Å². The van der Waals surface area contributed by atoms with Gasteiger partial charge in [-0.05, 0) is 38.2 Å². The number of likely N-dealkylation sites (N-methyl/N-ethyl adjacent to an activating group) is 1. The van der Waals surface area contributed by atoms with E-state index in [1.807, 2.05) is 14.0 Å². The number of hydrogen-bond donors (Lipinski definition) is 0. The van der Waals surface area contributed by atoms with Crippen LogP contribution in [0.4, 0.5) is 5.69 Å². The first-order valence-electron chi connectivity index (χ1n) is 10.0.